The lowest BCUT2D eigenvalue weighted by Crippen LogP contribution is -2.31. The van der Waals surface area contributed by atoms with Crippen molar-refractivity contribution in [3.8, 4) is 5.75 Å². The number of aryl methyl sites for hydroxylation is 1. The van der Waals surface area contributed by atoms with Gasteiger partial charge in [-0.1, -0.05) is 63.0 Å². The lowest BCUT2D eigenvalue weighted by Gasteiger charge is -2.28. The number of hydrogen-bond acceptors (Lipinski definition) is 6. The molecule has 0 fully saturated rings. The number of nitrogens with zero attached hydrogens (tertiary/aromatic N) is 4. The van der Waals surface area contributed by atoms with Gasteiger partial charge < -0.3 is 15.4 Å². The molecule has 1 atom stereocenters. The molecule has 176 valence electrons. The van der Waals surface area contributed by atoms with Crippen LogP contribution in [0.4, 0.5) is 11.6 Å². The predicted octanol–water partition coefficient (Wildman–Crippen LogP) is 5.25. The zero-order valence-corrected chi connectivity index (χ0v) is 20.8. The molecule has 2 heterocycles. The van der Waals surface area contributed by atoms with Crippen molar-refractivity contribution in [2.45, 2.75) is 26.5 Å². The predicted molar refractivity (Wildman–Crippen MR) is 137 cm³/mol. The van der Waals surface area contributed by atoms with Crippen LogP contribution in [0.5, 0.6) is 5.75 Å². The highest BCUT2D eigenvalue weighted by atomic mass is 79.9. The summed E-state index contributed by atoms with van der Waals surface area (Å²) in [5.74, 6) is 0.990. The Morgan fingerprint density at radius 2 is 1.74 bits per heavy atom. The summed E-state index contributed by atoms with van der Waals surface area (Å²) in [5, 5.41) is 18.1. The molecule has 35 heavy (non-hydrogen) atoms. The fourth-order valence-electron chi connectivity index (χ4n) is 3.94. The summed E-state index contributed by atoms with van der Waals surface area (Å²) in [4.78, 5) is 13.4. The molecule has 4 aromatic rings. The normalized spacial score (nSPS) is 14.8. The molecule has 0 radical (unpaired) electrons. The molecule has 2 N–H and O–H groups in total. The Hall–Kier alpha value is -3.98. The van der Waals surface area contributed by atoms with Crippen molar-refractivity contribution in [2.24, 2.45) is 0 Å². The third-order valence-corrected chi connectivity index (χ3v) is 6.31. The van der Waals surface area contributed by atoms with Gasteiger partial charge >= 0.3 is 0 Å². The highest BCUT2D eigenvalue weighted by molar-refractivity contribution is 9.10. The first-order valence-corrected chi connectivity index (χ1v) is 11.9. The van der Waals surface area contributed by atoms with E-state index >= 15 is 0 Å². The number of carbonyl (C=O) groups is 1. The topological polar surface area (TPSA) is 94.0 Å². The minimum atomic E-state index is -0.493. The van der Waals surface area contributed by atoms with E-state index in [0.29, 0.717) is 23.8 Å². The van der Waals surface area contributed by atoms with Crippen LogP contribution in [0, 0.1) is 6.92 Å². The van der Waals surface area contributed by atoms with E-state index in [1.165, 1.54) is 0 Å². The maximum atomic E-state index is 13.4. The van der Waals surface area contributed by atoms with Crippen molar-refractivity contribution in [1.29, 1.82) is 0 Å². The zero-order chi connectivity index (χ0) is 24.4. The number of fused-ring (bicyclic) bond motifs is 1. The molecule has 8 nitrogen and oxygen atoms in total. The number of anilines is 2. The van der Waals surface area contributed by atoms with E-state index in [1.807, 2.05) is 86.6 Å². The second-order valence-corrected chi connectivity index (χ2v) is 9.23. The molecule has 1 amide bonds. The van der Waals surface area contributed by atoms with Crippen LogP contribution < -0.4 is 15.4 Å². The van der Waals surface area contributed by atoms with Crippen LogP contribution in [-0.2, 0) is 11.4 Å². The summed E-state index contributed by atoms with van der Waals surface area (Å²) >= 11 is 3.44. The van der Waals surface area contributed by atoms with Crippen molar-refractivity contribution in [3.05, 3.63) is 105 Å². The zero-order valence-electron chi connectivity index (χ0n) is 19.2. The van der Waals surface area contributed by atoms with Gasteiger partial charge in [0.25, 0.3) is 5.91 Å². The first kappa shape index (κ1) is 22.8. The minimum Gasteiger partial charge on any atom is -0.489 e. The van der Waals surface area contributed by atoms with E-state index in [1.54, 1.807) is 4.68 Å². The van der Waals surface area contributed by atoms with Gasteiger partial charge in [-0.2, -0.15) is 4.68 Å². The molecule has 0 saturated carbocycles. The number of rotatable bonds is 6. The average molecular weight is 531 g/mol. The summed E-state index contributed by atoms with van der Waals surface area (Å²) < 4.78 is 8.59. The molecule has 1 aromatic heterocycles. The number of amides is 1. The summed E-state index contributed by atoms with van der Waals surface area (Å²) in [6.45, 7) is 4.32. The number of benzene rings is 3. The quantitative estimate of drug-likeness (QED) is 0.353. The third kappa shape index (κ3) is 4.95. The number of allylic oxidation sites excluding steroid dienone is 1. The Labute approximate surface area is 211 Å². The average Bonchev–Trinajstić information content (AvgIpc) is 3.32. The van der Waals surface area contributed by atoms with Gasteiger partial charge in [-0.05, 0) is 71.8 Å². The monoisotopic (exact) mass is 530 g/mol. The molecule has 0 bridgehead atoms. The maximum Gasteiger partial charge on any atom is 0.255 e. The van der Waals surface area contributed by atoms with Gasteiger partial charge in [-0.15, -0.1) is 0 Å². The fourth-order valence-corrected chi connectivity index (χ4v) is 4.21. The van der Waals surface area contributed by atoms with Crippen LogP contribution in [0.25, 0.3) is 0 Å². The number of halogens is 1. The number of aromatic nitrogens is 4. The van der Waals surface area contributed by atoms with Gasteiger partial charge in [0.2, 0.25) is 5.95 Å². The number of nitrogens with one attached hydrogen (secondary N) is 2. The molecule has 1 aliphatic heterocycles. The molecular formula is C26H23BrN6O2. The molecule has 5 rings (SSSR count). The summed E-state index contributed by atoms with van der Waals surface area (Å²) in [5.41, 5.74) is 5.01. The van der Waals surface area contributed by atoms with Crippen molar-refractivity contribution in [2.75, 3.05) is 10.6 Å². The highest BCUT2D eigenvalue weighted by Crippen LogP contribution is 2.35. The Morgan fingerprint density at radius 1 is 1.03 bits per heavy atom. The first-order valence-electron chi connectivity index (χ1n) is 11.1. The molecular weight excluding hydrogens is 508 g/mol. The molecule has 1 aliphatic rings. The van der Waals surface area contributed by atoms with Crippen LogP contribution in [0.3, 0.4) is 0 Å². The van der Waals surface area contributed by atoms with Crippen LogP contribution in [0.2, 0.25) is 0 Å². The van der Waals surface area contributed by atoms with E-state index in [-0.39, 0.29) is 5.91 Å². The van der Waals surface area contributed by atoms with Gasteiger partial charge in [0.05, 0.1) is 5.57 Å². The summed E-state index contributed by atoms with van der Waals surface area (Å²) in [6.07, 6.45) is 0. The van der Waals surface area contributed by atoms with E-state index in [0.717, 1.165) is 32.6 Å². The Balaban J connectivity index is 1.40. The number of tetrazole rings is 1. The lowest BCUT2D eigenvalue weighted by atomic mass is 9.95. The lowest BCUT2D eigenvalue weighted by molar-refractivity contribution is -0.113. The van der Waals surface area contributed by atoms with Crippen molar-refractivity contribution >= 4 is 33.5 Å². The third-order valence-electron chi connectivity index (χ3n) is 5.78. The molecule has 1 unspecified atom stereocenters. The summed E-state index contributed by atoms with van der Waals surface area (Å²) in [7, 11) is 0. The van der Waals surface area contributed by atoms with E-state index in [4.69, 9.17) is 4.74 Å². The fraction of sp³-hybridized carbons (Fsp3) is 0.154. The molecule has 3 aromatic carbocycles. The van der Waals surface area contributed by atoms with E-state index in [2.05, 4.69) is 42.1 Å². The van der Waals surface area contributed by atoms with Crippen molar-refractivity contribution in [3.63, 3.8) is 0 Å². The van der Waals surface area contributed by atoms with E-state index < -0.39 is 6.04 Å². The number of ether oxygens (including phenoxy) is 1. The second-order valence-electron chi connectivity index (χ2n) is 8.32. The molecule has 0 saturated heterocycles. The Morgan fingerprint density at radius 3 is 2.46 bits per heavy atom. The van der Waals surface area contributed by atoms with Crippen LogP contribution in [0.15, 0.2) is 88.5 Å². The first-order chi connectivity index (χ1) is 17.0. The second kappa shape index (κ2) is 9.71. The van der Waals surface area contributed by atoms with Gasteiger partial charge in [0.1, 0.15) is 18.4 Å². The van der Waals surface area contributed by atoms with Crippen molar-refractivity contribution in [1.82, 2.24) is 20.2 Å². The standard InChI is InChI=1S/C26H23BrN6O2/c1-16-3-11-21(12-4-16)29-25(34)23-17(2)28-26-30-31-32-33(26)24(23)19-7-13-22(14-8-19)35-15-18-5-9-20(27)10-6-18/h3-14,24H,15H2,1-2H3,(H,29,34)(H,28,30,32). The molecule has 9 heteroatoms. The van der Waals surface area contributed by atoms with Crippen LogP contribution >= 0.6 is 15.9 Å². The SMILES string of the molecule is CC1=C(C(=O)Nc2ccc(C)cc2)C(c2ccc(OCc3ccc(Br)cc3)cc2)n2nnnc2N1. The van der Waals surface area contributed by atoms with Crippen LogP contribution in [-0.4, -0.2) is 26.1 Å². The Kier molecular flexibility index (Phi) is 6.33. The minimum absolute atomic E-state index is 0.222. The van der Waals surface area contributed by atoms with Gasteiger partial charge in [0.15, 0.2) is 0 Å². The summed E-state index contributed by atoms with van der Waals surface area (Å²) in [6, 6.07) is 22.8. The number of carbonyl (C=O) groups excluding carboxylic acids is 1. The largest absolute Gasteiger partial charge is 0.489 e. The van der Waals surface area contributed by atoms with Crippen LogP contribution in [0.1, 0.15) is 29.7 Å². The molecule has 0 aliphatic carbocycles. The maximum absolute atomic E-state index is 13.4. The van der Waals surface area contributed by atoms with Gasteiger partial charge in [-0.25, -0.2) is 0 Å². The van der Waals surface area contributed by atoms with Gasteiger partial charge in [-0.3, -0.25) is 4.79 Å². The van der Waals surface area contributed by atoms with Crippen molar-refractivity contribution < 1.29 is 9.53 Å². The highest BCUT2D eigenvalue weighted by Gasteiger charge is 2.34. The smallest absolute Gasteiger partial charge is 0.255 e. The van der Waals surface area contributed by atoms with Gasteiger partial charge in [0, 0.05) is 15.9 Å². The number of hydrogen-bond donors (Lipinski definition) is 2. The van der Waals surface area contributed by atoms with E-state index in [9.17, 15) is 4.79 Å². The molecule has 0 spiro atoms. The Bertz CT molecular complexity index is 1380.